The summed E-state index contributed by atoms with van der Waals surface area (Å²) >= 11 is 0. The first-order valence-corrected chi connectivity index (χ1v) is 6.66. The Morgan fingerprint density at radius 2 is 1.89 bits per heavy atom. The summed E-state index contributed by atoms with van der Waals surface area (Å²) in [7, 11) is 3.87. The third kappa shape index (κ3) is 3.43. The lowest BCUT2D eigenvalue weighted by atomic mass is 9.97. The fourth-order valence-electron chi connectivity index (χ4n) is 2.42. The molecule has 0 spiro atoms. The fourth-order valence-corrected chi connectivity index (χ4v) is 2.42. The Morgan fingerprint density at radius 1 is 1.39 bits per heavy atom. The van der Waals surface area contributed by atoms with Gasteiger partial charge in [0.15, 0.2) is 0 Å². The van der Waals surface area contributed by atoms with E-state index in [1.165, 1.54) is 0 Å². The van der Waals surface area contributed by atoms with Crippen LogP contribution in [-0.4, -0.2) is 72.2 Å². The van der Waals surface area contributed by atoms with Crippen molar-refractivity contribution in [2.45, 2.75) is 44.8 Å². The molecule has 0 bridgehead atoms. The Balaban J connectivity index is 2.51. The van der Waals surface area contributed by atoms with E-state index in [1.54, 1.807) is 14.0 Å². The number of likely N-dealkylation sites (N-methyl/N-ethyl adjacent to an activating group) is 2. The van der Waals surface area contributed by atoms with Crippen molar-refractivity contribution in [2.75, 3.05) is 33.7 Å². The number of carboxylic acid groups (broad SMARTS) is 1. The van der Waals surface area contributed by atoms with E-state index in [4.69, 9.17) is 0 Å². The van der Waals surface area contributed by atoms with Gasteiger partial charge in [0.25, 0.3) is 0 Å². The van der Waals surface area contributed by atoms with Gasteiger partial charge in [0.05, 0.1) is 0 Å². The topological polar surface area (TPSA) is 55.8 Å². The van der Waals surface area contributed by atoms with Crippen molar-refractivity contribution in [2.24, 2.45) is 0 Å². The quantitative estimate of drug-likeness (QED) is 0.749. The summed E-state index contributed by atoms with van der Waals surface area (Å²) in [6, 6.07) is 1.05. The molecule has 18 heavy (non-hydrogen) atoms. The molecule has 3 atom stereocenters. The van der Waals surface area contributed by atoms with E-state index in [0.717, 1.165) is 19.6 Å². The molecule has 0 amide bonds. The Morgan fingerprint density at radius 3 is 2.28 bits per heavy atom. The highest BCUT2D eigenvalue weighted by Crippen LogP contribution is 2.16. The molecule has 5 heteroatoms. The minimum Gasteiger partial charge on any atom is -0.480 e. The van der Waals surface area contributed by atoms with Gasteiger partial charge in [-0.2, -0.15) is 0 Å². The second kappa shape index (κ2) is 5.99. The number of hydrogen-bond donors (Lipinski definition) is 2. The maximum Gasteiger partial charge on any atom is 0.323 e. The summed E-state index contributed by atoms with van der Waals surface area (Å²) < 4.78 is 0. The lowest BCUT2D eigenvalue weighted by Gasteiger charge is -2.43. The normalized spacial score (nSPS) is 30.1. The molecule has 0 aliphatic carbocycles. The summed E-state index contributed by atoms with van der Waals surface area (Å²) in [5.74, 6) is -0.778. The number of carbonyl (C=O) groups is 1. The number of nitrogens with zero attached hydrogens (tertiary/aromatic N) is 2. The number of piperazine rings is 1. The summed E-state index contributed by atoms with van der Waals surface area (Å²) in [6.45, 7) is 9.04. The molecule has 1 rings (SSSR count). The molecule has 0 radical (unpaired) electrons. The molecule has 1 fully saturated rings. The van der Waals surface area contributed by atoms with Crippen LogP contribution in [0.15, 0.2) is 0 Å². The summed E-state index contributed by atoms with van der Waals surface area (Å²) in [6.07, 6.45) is 0.627. The van der Waals surface area contributed by atoms with Gasteiger partial charge >= 0.3 is 5.97 Å². The first kappa shape index (κ1) is 15.4. The number of hydrogen-bond acceptors (Lipinski definition) is 4. The lowest BCUT2D eigenvalue weighted by molar-refractivity contribution is -0.144. The van der Waals surface area contributed by atoms with Gasteiger partial charge in [0, 0.05) is 31.7 Å². The molecule has 1 aliphatic rings. The average molecular weight is 257 g/mol. The zero-order valence-corrected chi connectivity index (χ0v) is 12.2. The fraction of sp³-hybridized carbons (Fsp3) is 0.923. The van der Waals surface area contributed by atoms with Gasteiger partial charge in [-0.3, -0.25) is 9.69 Å². The Labute approximate surface area is 110 Å². The minimum atomic E-state index is -0.824. The van der Waals surface area contributed by atoms with Crippen LogP contribution in [0.25, 0.3) is 0 Å². The van der Waals surface area contributed by atoms with Gasteiger partial charge in [-0.05, 0) is 41.3 Å². The van der Waals surface area contributed by atoms with E-state index >= 15 is 0 Å². The third-order valence-corrected chi connectivity index (χ3v) is 4.39. The largest absolute Gasteiger partial charge is 0.480 e. The maximum absolute atomic E-state index is 11.2. The third-order valence-electron chi connectivity index (χ3n) is 4.39. The molecule has 0 aromatic heterocycles. The molecule has 0 aromatic carbocycles. The van der Waals surface area contributed by atoms with Crippen molar-refractivity contribution < 1.29 is 9.90 Å². The average Bonchev–Trinajstić information content (AvgIpc) is 2.32. The number of rotatable bonds is 5. The van der Waals surface area contributed by atoms with Gasteiger partial charge in [-0.1, -0.05) is 0 Å². The predicted molar refractivity (Wildman–Crippen MR) is 72.8 cm³/mol. The number of nitrogens with one attached hydrogen (secondary N) is 1. The number of aliphatic carboxylic acids is 1. The first-order valence-electron chi connectivity index (χ1n) is 6.66. The van der Waals surface area contributed by atoms with E-state index in [1.807, 2.05) is 0 Å². The van der Waals surface area contributed by atoms with Gasteiger partial charge in [-0.15, -0.1) is 0 Å². The van der Waals surface area contributed by atoms with Gasteiger partial charge in [0.2, 0.25) is 0 Å². The highest BCUT2D eigenvalue weighted by molar-refractivity contribution is 5.78. The van der Waals surface area contributed by atoms with Gasteiger partial charge < -0.3 is 15.3 Å². The zero-order chi connectivity index (χ0) is 13.9. The van der Waals surface area contributed by atoms with Crippen molar-refractivity contribution in [3.05, 3.63) is 0 Å². The molecule has 3 unspecified atom stereocenters. The second-order valence-corrected chi connectivity index (χ2v) is 5.76. The van der Waals surface area contributed by atoms with Crippen LogP contribution in [0.2, 0.25) is 0 Å². The van der Waals surface area contributed by atoms with Gasteiger partial charge in [-0.25, -0.2) is 0 Å². The lowest BCUT2D eigenvalue weighted by Crippen LogP contribution is -2.56. The molecule has 0 aromatic rings. The van der Waals surface area contributed by atoms with Crippen LogP contribution >= 0.6 is 0 Å². The van der Waals surface area contributed by atoms with Crippen molar-refractivity contribution in [3.63, 3.8) is 0 Å². The second-order valence-electron chi connectivity index (χ2n) is 5.76. The highest BCUT2D eigenvalue weighted by Gasteiger charge is 2.33. The van der Waals surface area contributed by atoms with Crippen LogP contribution in [0.4, 0.5) is 0 Å². The molecular formula is C13H27N3O2. The predicted octanol–water partition coefficient (Wildman–Crippen LogP) is 0.464. The van der Waals surface area contributed by atoms with E-state index < -0.39 is 11.5 Å². The van der Waals surface area contributed by atoms with Crippen LogP contribution in [0.1, 0.15) is 27.2 Å². The van der Waals surface area contributed by atoms with E-state index in [9.17, 15) is 9.90 Å². The van der Waals surface area contributed by atoms with Crippen LogP contribution < -0.4 is 5.32 Å². The highest BCUT2D eigenvalue weighted by atomic mass is 16.4. The van der Waals surface area contributed by atoms with E-state index in [-0.39, 0.29) is 0 Å². The van der Waals surface area contributed by atoms with Crippen molar-refractivity contribution >= 4 is 5.97 Å². The smallest absolute Gasteiger partial charge is 0.323 e. The van der Waals surface area contributed by atoms with Crippen LogP contribution in [0, 0.1) is 0 Å². The molecule has 106 valence electrons. The van der Waals surface area contributed by atoms with Crippen LogP contribution in [-0.2, 0) is 4.79 Å². The molecule has 1 aliphatic heterocycles. The first-order chi connectivity index (χ1) is 8.30. The summed E-state index contributed by atoms with van der Waals surface area (Å²) in [5, 5.41) is 12.1. The maximum atomic E-state index is 11.2. The van der Waals surface area contributed by atoms with Crippen molar-refractivity contribution in [1.29, 1.82) is 0 Å². The standard InChI is InChI=1S/C13H27N3O2/c1-10-8-16(9-11(2)15(10)5)7-6-13(3,14-4)12(17)18/h10-11,14H,6-9H2,1-5H3,(H,17,18). The Kier molecular flexibility index (Phi) is 5.13. The monoisotopic (exact) mass is 257 g/mol. The molecule has 2 N–H and O–H groups in total. The van der Waals surface area contributed by atoms with Crippen molar-refractivity contribution in [3.8, 4) is 0 Å². The van der Waals surface area contributed by atoms with Gasteiger partial charge in [0.1, 0.15) is 5.54 Å². The molecule has 0 saturated carbocycles. The zero-order valence-electron chi connectivity index (χ0n) is 12.2. The Bertz CT molecular complexity index is 286. The molecule has 1 heterocycles. The summed E-state index contributed by atoms with van der Waals surface area (Å²) in [5.41, 5.74) is -0.824. The molecule has 1 saturated heterocycles. The molecule has 5 nitrogen and oxygen atoms in total. The van der Waals surface area contributed by atoms with Crippen molar-refractivity contribution in [1.82, 2.24) is 15.1 Å². The number of carboxylic acids is 1. The van der Waals surface area contributed by atoms with Crippen LogP contribution in [0.5, 0.6) is 0 Å². The van der Waals surface area contributed by atoms with Crippen LogP contribution in [0.3, 0.4) is 0 Å². The molecular weight excluding hydrogens is 230 g/mol. The summed E-state index contributed by atoms with van der Waals surface area (Å²) in [4.78, 5) is 16.0. The SMILES string of the molecule is CNC(C)(CCN1CC(C)N(C)C(C)C1)C(=O)O. The van der Waals surface area contributed by atoms with E-state index in [0.29, 0.717) is 18.5 Å². The van der Waals surface area contributed by atoms with E-state index in [2.05, 4.69) is 36.0 Å². The minimum absolute atomic E-state index is 0.527. The Hall–Kier alpha value is -0.650.